The van der Waals surface area contributed by atoms with Crippen LogP contribution in [0.5, 0.6) is 0 Å². The zero-order chi connectivity index (χ0) is 19.4. The van der Waals surface area contributed by atoms with Crippen molar-refractivity contribution in [2.24, 2.45) is 0 Å². The van der Waals surface area contributed by atoms with Crippen molar-refractivity contribution in [1.29, 1.82) is 0 Å². The van der Waals surface area contributed by atoms with Crippen LogP contribution < -0.4 is 5.32 Å². The van der Waals surface area contributed by atoms with Crippen LogP contribution >= 0.6 is 22.7 Å². The number of aromatic nitrogens is 1. The number of hydrogen-bond acceptors (Lipinski definition) is 7. The highest BCUT2D eigenvalue weighted by atomic mass is 32.1. The average molecular weight is 408 g/mol. The minimum atomic E-state index is -0.538. The lowest BCUT2D eigenvalue weighted by Crippen LogP contribution is -2.49. The smallest absolute Gasteiger partial charge is 0.350 e. The molecular weight excluding hydrogens is 386 g/mol. The monoisotopic (exact) mass is 407 g/mol. The SMILES string of the molecule is CCOC(=O)c1sc(NC(=O)C2CCCCN2C(=O)c2cccs2)nc1C. The molecule has 1 aliphatic heterocycles. The van der Waals surface area contributed by atoms with Crippen LogP contribution in [0.3, 0.4) is 0 Å². The lowest BCUT2D eigenvalue weighted by atomic mass is 10.0. The number of thiazole rings is 1. The van der Waals surface area contributed by atoms with E-state index in [9.17, 15) is 14.4 Å². The normalized spacial score (nSPS) is 16.8. The third-order valence-corrected chi connectivity index (χ3v) is 6.20. The molecule has 0 bridgehead atoms. The van der Waals surface area contributed by atoms with Crippen molar-refractivity contribution in [1.82, 2.24) is 9.88 Å². The molecule has 1 fully saturated rings. The first-order valence-corrected chi connectivity index (χ1v) is 10.5. The number of aryl methyl sites for hydroxylation is 1. The van der Waals surface area contributed by atoms with Crippen LogP contribution in [0.4, 0.5) is 5.13 Å². The molecule has 144 valence electrons. The van der Waals surface area contributed by atoms with E-state index in [4.69, 9.17) is 4.74 Å². The molecule has 0 radical (unpaired) electrons. The van der Waals surface area contributed by atoms with Gasteiger partial charge in [-0.05, 0) is 44.6 Å². The second-order valence-corrected chi connectivity index (χ2v) is 8.08. The number of piperidine rings is 1. The summed E-state index contributed by atoms with van der Waals surface area (Å²) in [5.74, 6) is -0.837. The summed E-state index contributed by atoms with van der Waals surface area (Å²) in [7, 11) is 0. The van der Waals surface area contributed by atoms with E-state index in [0.29, 0.717) is 33.5 Å². The average Bonchev–Trinajstić information content (AvgIpc) is 3.31. The summed E-state index contributed by atoms with van der Waals surface area (Å²) in [5.41, 5.74) is 0.518. The Morgan fingerprint density at radius 2 is 2.19 bits per heavy atom. The van der Waals surface area contributed by atoms with Crippen molar-refractivity contribution < 1.29 is 19.1 Å². The molecule has 3 heterocycles. The second kappa shape index (κ2) is 8.62. The number of likely N-dealkylation sites (tertiary alicyclic amines) is 1. The maximum absolute atomic E-state index is 12.8. The van der Waals surface area contributed by atoms with Gasteiger partial charge in [0.1, 0.15) is 10.9 Å². The topological polar surface area (TPSA) is 88.6 Å². The Kier molecular flexibility index (Phi) is 6.22. The van der Waals surface area contributed by atoms with Gasteiger partial charge in [-0.25, -0.2) is 9.78 Å². The van der Waals surface area contributed by atoms with Gasteiger partial charge in [0.2, 0.25) is 5.91 Å². The first-order valence-electron chi connectivity index (χ1n) is 8.81. The van der Waals surface area contributed by atoms with Crippen LogP contribution in [0.1, 0.15) is 51.2 Å². The van der Waals surface area contributed by atoms with Crippen LogP contribution in [0.25, 0.3) is 0 Å². The number of hydrogen-bond donors (Lipinski definition) is 1. The van der Waals surface area contributed by atoms with Gasteiger partial charge in [0.05, 0.1) is 17.2 Å². The molecule has 0 aromatic carbocycles. The molecule has 1 atom stereocenters. The summed E-state index contributed by atoms with van der Waals surface area (Å²) < 4.78 is 5.00. The minimum Gasteiger partial charge on any atom is -0.462 e. The zero-order valence-electron chi connectivity index (χ0n) is 15.2. The zero-order valence-corrected chi connectivity index (χ0v) is 16.8. The van der Waals surface area contributed by atoms with E-state index >= 15 is 0 Å². The summed E-state index contributed by atoms with van der Waals surface area (Å²) >= 11 is 2.46. The summed E-state index contributed by atoms with van der Waals surface area (Å²) in [4.78, 5) is 44.4. The highest BCUT2D eigenvalue weighted by Gasteiger charge is 2.33. The Bertz CT molecular complexity index is 832. The molecule has 1 aliphatic rings. The lowest BCUT2D eigenvalue weighted by Gasteiger charge is -2.34. The maximum Gasteiger partial charge on any atom is 0.350 e. The maximum atomic E-state index is 12.8. The minimum absolute atomic E-state index is 0.118. The fourth-order valence-corrected chi connectivity index (χ4v) is 4.56. The summed E-state index contributed by atoms with van der Waals surface area (Å²) in [6.07, 6.45) is 2.37. The van der Waals surface area contributed by atoms with E-state index in [1.54, 1.807) is 24.8 Å². The molecule has 0 aliphatic carbocycles. The van der Waals surface area contributed by atoms with Crippen molar-refractivity contribution in [2.75, 3.05) is 18.5 Å². The molecular formula is C18H21N3O4S2. The highest BCUT2D eigenvalue weighted by Crippen LogP contribution is 2.26. The molecule has 2 amide bonds. The summed E-state index contributed by atoms with van der Waals surface area (Å²) in [5, 5.41) is 4.96. The third-order valence-electron chi connectivity index (χ3n) is 4.29. The van der Waals surface area contributed by atoms with Crippen LogP contribution in [0.2, 0.25) is 0 Å². The number of nitrogens with zero attached hydrogens (tertiary/aromatic N) is 2. The van der Waals surface area contributed by atoms with Crippen molar-refractivity contribution >= 4 is 45.6 Å². The standard InChI is InChI=1S/C18H21N3O4S2/c1-3-25-17(24)14-11(2)19-18(27-14)20-15(22)12-7-4-5-9-21(12)16(23)13-8-6-10-26-13/h6,8,10,12H,3-5,7,9H2,1-2H3,(H,19,20,22). The van der Waals surface area contributed by atoms with Gasteiger partial charge in [-0.1, -0.05) is 17.4 Å². The fraction of sp³-hybridized carbons (Fsp3) is 0.444. The molecule has 2 aromatic rings. The van der Waals surface area contributed by atoms with E-state index < -0.39 is 12.0 Å². The summed E-state index contributed by atoms with van der Waals surface area (Å²) in [6.45, 7) is 4.27. The van der Waals surface area contributed by atoms with Gasteiger partial charge in [-0.15, -0.1) is 11.3 Å². The number of thiophene rings is 1. The predicted molar refractivity (Wildman–Crippen MR) is 104 cm³/mol. The molecule has 0 spiro atoms. The Morgan fingerprint density at radius 3 is 2.89 bits per heavy atom. The van der Waals surface area contributed by atoms with Gasteiger partial charge >= 0.3 is 5.97 Å². The first kappa shape index (κ1) is 19.5. The molecule has 3 rings (SSSR count). The van der Waals surface area contributed by atoms with Gasteiger partial charge in [-0.2, -0.15) is 0 Å². The number of esters is 1. The van der Waals surface area contributed by atoms with E-state index in [-0.39, 0.29) is 18.4 Å². The third kappa shape index (κ3) is 4.36. The number of amides is 2. The number of rotatable bonds is 5. The molecule has 1 N–H and O–H groups in total. The quantitative estimate of drug-likeness (QED) is 0.768. The van der Waals surface area contributed by atoms with Gasteiger partial charge in [0.25, 0.3) is 5.91 Å². The van der Waals surface area contributed by atoms with Crippen LogP contribution in [-0.2, 0) is 9.53 Å². The Hall–Kier alpha value is -2.26. The number of anilines is 1. The largest absolute Gasteiger partial charge is 0.462 e. The van der Waals surface area contributed by atoms with Crippen molar-refractivity contribution in [3.8, 4) is 0 Å². The van der Waals surface area contributed by atoms with Crippen LogP contribution in [-0.4, -0.2) is 46.9 Å². The Balaban J connectivity index is 1.73. The van der Waals surface area contributed by atoms with Crippen molar-refractivity contribution in [3.05, 3.63) is 33.0 Å². The van der Waals surface area contributed by atoms with Crippen LogP contribution in [0, 0.1) is 6.92 Å². The molecule has 7 nitrogen and oxygen atoms in total. The van der Waals surface area contributed by atoms with Gasteiger partial charge in [-0.3, -0.25) is 9.59 Å². The molecule has 2 aromatic heterocycles. The molecule has 1 saturated heterocycles. The molecule has 0 saturated carbocycles. The van der Waals surface area contributed by atoms with Crippen LogP contribution in [0.15, 0.2) is 17.5 Å². The van der Waals surface area contributed by atoms with Gasteiger partial charge in [0, 0.05) is 6.54 Å². The Morgan fingerprint density at radius 1 is 1.37 bits per heavy atom. The van der Waals surface area contributed by atoms with Gasteiger partial charge < -0.3 is 15.0 Å². The molecule has 27 heavy (non-hydrogen) atoms. The number of carbonyl (C=O) groups is 3. The Labute approximate surface area is 165 Å². The van der Waals surface area contributed by atoms with Crippen molar-refractivity contribution in [2.45, 2.75) is 39.2 Å². The predicted octanol–water partition coefficient (Wildman–Crippen LogP) is 3.32. The van der Waals surface area contributed by atoms with E-state index in [0.717, 1.165) is 24.2 Å². The lowest BCUT2D eigenvalue weighted by molar-refractivity contribution is -0.121. The summed E-state index contributed by atoms with van der Waals surface area (Å²) in [6, 6.07) is 3.06. The highest BCUT2D eigenvalue weighted by molar-refractivity contribution is 7.17. The molecule has 1 unspecified atom stereocenters. The van der Waals surface area contributed by atoms with E-state index in [1.165, 1.54) is 11.3 Å². The second-order valence-electron chi connectivity index (χ2n) is 6.13. The molecule has 9 heteroatoms. The fourth-order valence-electron chi connectivity index (χ4n) is 3.01. The van der Waals surface area contributed by atoms with Crippen molar-refractivity contribution in [3.63, 3.8) is 0 Å². The number of nitrogens with one attached hydrogen (secondary N) is 1. The first-order chi connectivity index (χ1) is 13.0. The van der Waals surface area contributed by atoms with E-state index in [1.807, 2.05) is 11.4 Å². The van der Waals surface area contributed by atoms with E-state index in [2.05, 4.69) is 10.3 Å². The number of carbonyl (C=O) groups excluding carboxylic acids is 3. The number of ether oxygens (including phenoxy) is 1. The van der Waals surface area contributed by atoms with Gasteiger partial charge in [0.15, 0.2) is 5.13 Å².